The molecule has 1 aromatic carbocycles. The van der Waals surface area contributed by atoms with Gasteiger partial charge in [-0.25, -0.2) is 9.97 Å². The number of rotatable bonds is 7. The van der Waals surface area contributed by atoms with Crippen molar-refractivity contribution >= 4 is 23.4 Å². The molecule has 0 spiro atoms. The molecule has 3 N–H and O–H groups in total. The summed E-state index contributed by atoms with van der Waals surface area (Å²) in [5, 5.41) is 18.5. The van der Waals surface area contributed by atoms with Gasteiger partial charge in [-0.05, 0) is 31.2 Å². The highest BCUT2D eigenvalue weighted by molar-refractivity contribution is 8.00. The molecule has 156 valence electrons. The molecule has 10 heteroatoms. The molecule has 1 unspecified atom stereocenters. The predicted octanol–water partition coefficient (Wildman–Crippen LogP) is 1.66. The van der Waals surface area contributed by atoms with Gasteiger partial charge in [-0.3, -0.25) is 4.79 Å². The first-order chi connectivity index (χ1) is 14.6. The van der Waals surface area contributed by atoms with E-state index in [1.54, 1.807) is 12.3 Å². The third-order valence-corrected chi connectivity index (χ3v) is 6.28. The Hall–Kier alpha value is -2.98. The number of aromatic nitrogens is 5. The van der Waals surface area contributed by atoms with Crippen LogP contribution in [-0.2, 0) is 13.6 Å². The summed E-state index contributed by atoms with van der Waals surface area (Å²) in [5.74, 6) is 2.43. The van der Waals surface area contributed by atoms with Crippen molar-refractivity contribution in [2.45, 2.75) is 24.9 Å². The standard InChI is InChI=1S/C20H24N8OS/c1-13(20-22-8-9-30-20)25-19(29)14-4-3-5-15(10-14)23-11-17-26-27-18(28(17)2)16-6-7-21-12-24-16/h3-7,10,12-13,20,22-23H,8-9,11H2,1-2H3,(H,25,29)/t13-,20?/m0/s1. The van der Waals surface area contributed by atoms with Crippen LogP contribution in [0, 0.1) is 0 Å². The molecule has 9 nitrogen and oxygen atoms in total. The Balaban J connectivity index is 1.39. The minimum atomic E-state index is -0.0786. The van der Waals surface area contributed by atoms with Crippen LogP contribution in [0.2, 0.25) is 0 Å². The summed E-state index contributed by atoms with van der Waals surface area (Å²) in [6.07, 6.45) is 3.16. The van der Waals surface area contributed by atoms with E-state index < -0.39 is 0 Å². The smallest absolute Gasteiger partial charge is 0.251 e. The lowest BCUT2D eigenvalue weighted by Crippen LogP contribution is -2.44. The maximum Gasteiger partial charge on any atom is 0.251 e. The van der Waals surface area contributed by atoms with E-state index in [9.17, 15) is 4.79 Å². The molecule has 0 bridgehead atoms. The van der Waals surface area contributed by atoms with E-state index in [1.165, 1.54) is 6.33 Å². The van der Waals surface area contributed by atoms with Gasteiger partial charge in [-0.1, -0.05) is 6.07 Å². The van der Waals surface area contributed by atoms with Crippen LogP contribution in [0.1, 0.15) is 23.1 Å². The zero-order valence-electron chi connectivity index (χ0n) is 16.9. The number of amides is 1. The molecule has 1 aliphatic rings. The molecule has 1 amide bonds. The number of hydrogen-bond acceptors (Lipinski definition) is 8. The summed E-state index contributed by atoms with van der Waals surface area (Å²) in [4.78, 5) is 20.8. The summed E-state index contributed by atoms with van der Waals surface area (Å²) in [7, 11) is 1.90. The summed E-state index contributed by atoms with van der Waals surface area (Å²) in [6, 6.07) is 9.31. The molecule has 2 atom stereocenters. The minimum Gasteiger partial charge on any atom is -0.378 e. The Bertz CT molecular complexity index is 1000. The van der Waals surface area contributed by atoms with Crippen molar-refractivity contribution in [3.8, 4) is 11.5 Å². The predicted molar refractivity (Wildman–Crippen MR) is 117 cm³/mol. The first-order valence-corrected chi connectivity index (χ1v) is 10.8. The Kier molecular flexibility index (Phi) is 6.24. The molecule has 2 aromatic heterocycles. The molecule has 30 heavy (non-hydrogen) atoms. The lowest BCUT2D eigenvalue weighted by atomic mass is 10.1. The average Bonchev–Trinajstić information content (AvgIpc) is 3.43. The Morgan fingerprint density at radius 2 is 2.27 bits per heavy atom. The van der Waals surface area contributed by atoms with Gasteiger partial charge < -0.3 is 20.5 Å². The first-order valence-electron chi connectivity index (χ1n) is 9.76. The number of nitrogens with zero attached hydrogens (tertiary/aromatic N) is 5. The second-order valence-electron chi connectivity index (χ2n) is 7.04. The summed E-state index contributed by atoms with van der Waals surface area (Å²) >= 11 is 1.84. The highest BCUT2D eigenvalue weighted by Crippen LogP contribution is 2.18. The maximum atomic E-state index is 12.6. The van der Waals surface area contributed by atoms with Crippen molar-refractivity contribution < 1.29 is 4.79 Å². The zero-order valence-corrected chi connectivity index (χ0v) is 17.7. The van der Waals surface area contributed by atoms with Crippen LogP contribution in [0.25, 0.3) is 11.5 Å². The van der Waals surface area contributed by atoms with Crippen LogP contribution in [0.3, 0.4) is 0 Å². The van der Waals surface area contributed by atoms with Gasteiger partial charge in [0.1, 0.15) is 12.0 Å². The summed E-state index contributed by atoms with van der Waals surface area (Å²) in [5.41, 5.74) is 2.18. The van der Waals surface area contributed by atoms with Crippen LogP contribution in [0.4, 0.5) is 5.69 Å². The van der Waals surface area contributed by atoms with Crippen molar-refractivity contribution in [3.05, 3.63) is 54.2 Å². The van der Waals surface area contributed by atoms with Gasteiger partial charge in [-0.15, -0.1) is 22.0 Å². The number of anilines is 1. The number of nitrogens with one attached hydrogen (secondary N) is 3. The number of thioether (sulfide) groups is 1. The summed E-state index contributed by atoms with van der Waals surface area (Å²) < 4.78 is 1.89. The second kappa shape index (κ2) is 9.23. The Morgan fingerprint density at radius 1 is 1.37 bits per heavy atom. The lowest BCUT2D eigenvalue weighted by molar-refractivity contribution is 0.0938. The van der Waals surface area contributed by atoms with Crippen molar-refractivity contribution in [1.29, 1.82) is 0 Å². The molecule has 1 saturated heterocycles. The molecule has 4 rings (SSSR count). The van der Waals surface area contributed by atoms with Crippen molar-refractivity contribution in [2.24, 2.45) is 7.05 Å². The Labute approximate surface area is 179 Å². The van der Waals surface area contributed by atoms with Crippen molar-refractivity contribution in [2.75, 3.05) is 17.6 Å². The van der Waals surface area contributed by atoms with E-state index in [0.29, 0.717) is 23.6 Å². The number of hydrogen-bond donors (Lipinski definition) is 3. The average molecular weight is 425 g/mol. The largest absolute Gasteiger partial charge is 0.378 e. The third kappa shape index (κ3) is 4.60. The van der Waals surface area contributed by atoms with Crippen LogP contribution >= 0.6 is 11.8 Å². The van der Waals surface area contributed by atoms with E-state index in [1.807, 2.05) is 54.6 Å². The van der Waals surface area contributed by atoms with Crippen LogP contribution in [0.15, 0.2) is 42.9 Å². The molecular formula is C20H24N8OS. The van der Waals surface area contributed by atoms with Gasteiger partial charge in [0.15, 0.2) is 11.6 Å². The molecule has 0 saturated carbocycles. The molecule has 3 aromatic rings. The number of carbonyl (C=O) groups excluding carboxylic acids is 1. The van der Waals surface area contributed by atoms with E-state index in [4.69, 9.17) is 0 Å². The van der Waals surface area contributed by atoms with E-state index in [2.05, 4.69) is 36.1 Å². The molecular weight excluding hydrogens is 400 g/mol. The Morgan fingerprint density at radius 3 is 3.03 bits per heavy atom. The normalized spacial score (nSPS) is 16.9. The molecule has 1 fully saturated rings. The van der Waals surface area contributed by atoms with Crippen molar-refractivity contribution in [3.63, 3.8) is 0 Å². The van der Waals surface area contributed by atoms with Gasteiger partial charge in [-0.2, -0.15) is 0 Å². The number of carbonyl (C=O) groups is 1. The maximum absolute atomic E-state index is 12.6. The fourth-order valence-corrected chi connectivity index (χ4v) is 4.33. The van der Waals surface area contributed by atoms with Crippen LogP contribution in [-0.4, -0.2) is 54.4 Å². The SMILES string of the molecule is C[C@H](NC(=O)c1cccc(NCc2nnc(-c3ccncn3)n2C)c1)C1NCCS1. The van der Waals surface area contributed by atoms with Gasteiger partial charge in [0, 0.05) is 36.8 Å². The van der Waals surface area contributed by atoms with Gasteiger partial charge in [0.2, 0.25) is 0 Å². The quantitative estimate of drug-likeness (QED) is 0.525. The van der Waals surface area contributed by atoms with Gasteiger partial charge >= 0.3 is 0 Å². The summed E-state index contributed by atoms with van der Waals surface area (Å²) in [6.45, 7) is 3.48. The highest BCUT2D eigenvalue weighted by atomic mass is 32.2. The number of benzene rings is 1. The zero-order chi connectivity index (χ0) is 20.9. The van der Waals surface area contributed by atoms with Crippen molar-refractivity contribution in [1.82, 2.24) is 35.4 Å². The van der Waals surface area contributed by atoms with Gasteiger partial charge in [0.25, 0.3) is 5.91 Å². The molecule has 3 heterocycles. The monoisotopic (exact) mass is 424 g/mol. The lowest BCUT2D eigenvalue weighted by Gasteiger charge is -2.20. The van der Waals surface area contributed by atoms with Crippen LogP contribution in [0.5, 0.6) is 0 Å². The topological polar surface area (TPSA) is 110 Å². The fraction of sp³-hybridized carbons (Fsp3) is 0.350. The van der Waals surface area contributed by atoms with E-state index in [-0.39, 0.29) is 17.3 Å². The first kappa shape index (κ1) is 20.3. The highest BCUT2D eigenvalue weighted by Gasteiger charge is 2.23. The minimum absolute atomic E-state index is 0.0560. The third-order valence-electron chi connectivity index (χ3n) is 4.91. The van der Waals surface area contributed by atoms with Crippen LogP contribution < -0.4 is 16.0 Å². The van der Waals surface area contributed by atoms with Gasteiger partial charge in [0.05, 0.1) is 18.0 Å². The molecule has 0 radical (unpaired) electrons. The second-order valence-corrected chi connectivity index (χ2v) is 8.28. The fourth-order valence-electron chi connectivity index (χ4n) is 3.25. The molecule has 0 aliphatic carbocycles. The van der Waals surface area contributed by atoms with E-state index >= 15 is 0 Å². The van der Waals surface area contributed by atoms with E-state index in [0.717, 1.165) is 23.8 Å². The molecule has 1 aliphatic heterocycles.